The van der Waals surface area contributed by atoms with Gasteiger partial charge in [-0.05, 0) is 42.9 Å². The summed E-state index contributed by atoms with van der Waals surface area (Å²) in [6.07, 6.45) is 6.84. The fourth-order valence-electron chi connectivity index (χ4n) is 3.79. The average molecular weight is 327 g/mol. The Morgan fingerprint density at radius 2 is 2.25 bits per heavy atom. The van der Waals surface area contributed by atoms with Crippen molar-refractivity contribution in [2.45, 2.75) is 37.8 Å². The van der Waals surface area contributed by atoms with E-state index in [-0.39, 0.29) is 18.1 Å². The number of hydrogen-bond donors (Lipinski definition) is 2. The van der Waals surface area contributed by atoms with Crippen LogP contribution in [0.5, 0.6) is 5.75 Å². The highest BCUT2D eigenvalue weighted by molar-refractivity contribution is 5.75. The second-order valence-corrected chi connectivity index (χ2v) is 6.50. The summed E-state index contributed by atoms with van der Waals surface area (Å²) in [5.41, 5.74) is 2.00. The van der Waals surface area contributed by atoms with Gasteiger partial charge in [-0.15, -0.1) is 0 Å². The van der Waals surface area contributed by atoms with Crippen molar-refractivity contribution in [2.75, 3.05) is 13.1 Å². The molecule has 1 aliphatic heterocycles. The molecule has 1 saturated heterocycles. The Kier molecular flexibility index (Phi) is 3.84. The number of benzene rings is 1. The lowest BCUT2D eigenvalue weighted by Gasteiger charge is -2.33. The molecule has 1 aromatic heterocycles. The molecule has 2 aliphatic rings. The molecule has 2 atom stereocenters. The number of hydrogen-bond acceptors (Lipinski definition) is 4. The zero-order valence-corrected chi connectivity index (χ0v) is 13.4. The summed E-state index contributed by atoms with van der Waals surface area (Å²) >= 11 is 0. The second kappa shape index (κ2) is 6.14. The van der Waals surface area contributed by atoms with Gasteiger partial charge in [-0.25, -0.2) is 14.5 Å². The Morgan fingerprint density at radius 1 is 1.33 bits per heavy atom. The van der Waals surface area contributed by atoms with Crippen molar-refractivity contribution in [1.82, 2.24) is 25.0 Å². The number of piperidine rings is 1. The third-order valence-electron chi connectivity index (χ3n) is 5.04. The molecule has 1 aromatic carbocycles. The van der Waals surface area contributed by atoms with Crippen LogP contribution >= 0.6 is 0 Å². The van der Waals surface area contributed by atoms with Crippen LogP contribution < -0.4 is 5.32 Å². The lowest BCUT2D eigenvalue weighted by molar-refractivity contribution is 0.160. The van der Waals surface area contributed by atoms with Crippen molar-refractivity contribution >= 4 is 6.03 Å². The summed E-state index contributed by atoms with van der Waals surface area (Å²) in [4.78, 5) is 18.5. The summed E-state index contributed by atoms with van der Waals surface area (Å²) in [5.74, 6) is 0.327. The number of nitrogens with zero attached hydrogens (tertiary/aromatic N) is 4. The number of likely N-dealkylation sites (tertiary alicyclic amines) is 1. The van der Waals surface area contributed by atoms with Gasteiger partial charge >= 0.3 is 6.03 Å². The molecule has 1 aliphatic carbocycles. The number of carbonyl (C=O) groups excluding carboxylic acids is 1. The van der Waals surface area contributed by atoms with Crippen molar-refractivity contribution in [2.24, 2.45) is 0 Å². The zero-order valence-electron chi connectivity index (χ0n) is 13.4. The number of phenols is 1. The molecule has 126 valence electrons. The largest absolute Gasteiger partial charge is 0.508 e. The molecule has 0 bridgehead atoms. The van der Waals surface area contributed by atoms with Gasteiger partial charge in [0.25, 0.3) is 0 Å². The Bertz CT molecular complexity index is 731. The van der Waals surface area contributed by atoms with E-state index in [0.29, 0.717) is 12.3 Å². The highest BCUT2D eigenvalue weighted by Crippen LogP contribution is 2.36. The molecule has 2 N–H and O–H groups in total. The molecule has 0 radical (unpaired) electrons. The minimum Gasteiger partial charge on any atom is -0.508 e. The number of aromatic hydroxyl groups is 1. The molecule has 7 heteroatoms. The average Bonchev–Trinajstić information content (AvgIpc) is 3.26. The van der Waals surface area contributed by atoms with Gasteiger partial charge in [0.15, 0.2) is 0 Å². The topological polar surface area (TPSA) is 83.3 Å². The highest BCUT2D eigenvalue weighted by atomic mass is 16.3. The van der Waals surface area contributed by atoms with Crippen LogP contribution in [0.3, 0.4) is 0 Å². The summed E-state index contributed by atoms with van der Waals surface area (Å²) in [6.45, 7) is 1.41. The van der Waals surface area contributed by atoms with Crippen molar-refractivity contribution in [3.8, 4) is 5.75 Å². The number of urea groups is 1. The standard InChI is InChI=1S/C17H21N5O2/c23-16-5-1-4-13-14(16)6-7-15(13)20-17(24)21-8-2-3-12(9-21)22-11-18-10-19-22/h1,4-5,10-12,15,23H,2-3,6-9H2,(H,20,24). The van der Waals surface area contributed by atoms with E-state index in [1.807, 2.05) is 21.7 Å². The van der Waals surface area contributed by atoms with E-state index in [1.54, 1.807) is 12.4 Å². The SMILES string of the molecule is O=C(NC1CCc2c(O)cccc21)N1CCCC(n2cncn2)C1. The van der Waals surface area contributed by atoms with Gasteiger partial charge in [0.1, 0.15) is 18.4 Å². The lowest BCUT2D eigenvalue weighted by Crippen LogP contribution is -2.46. The number of aromatic nitrogens is 3. The molecule has 7 nitrogen and oxygen atoms in total. The molecule has 24 heavy (non-hydrogen) atoms. The Labute approximate surface area is 140 Å². The van der Waals surface area contributed by atoms with E-state index >= 15 is 0 Å². The Balaban J connectivity index is 1.43. The molecular formula is C17H21N5O2. The monoisotopic (exact) mass is 327 g/mol. The van der Waals surface area contributed by atoms with Gasteiger partial charge in [0.2, 0.25) is 0 Å². The maximum absolute atomic E-state index is 12.7. The first-order chi connectivity index (χ1) is 11.7. The quantitative estimate of drug-likeness (QED) is 0.884. The Hall–Kier alpha value is -2.57. The highest BCUT2D eigenvalue weighted by Gasteiger charge is 2.30. The number of carbonyl (C=O) groups is 1. The zero-order chi connectivity index (χ0) is 16.5. The minimum atomic E-state index is -0.0407. The number of nitrogens with one attached hydrogen (secondary N) is 1. The smallest absolute Gasteiger partial charge is 0.317 e. The van der Waals surface area contributed by atoms with E-state index in [4.69, 9.17) is 0 Å². The van der Waals surface area contributed by atoms with E-state index in [9.17, 15) is 9.90 Å². The molecule has 2 unspecified atom stereocenters. The molecule has 2 amide bonds. The second-order valence-electron chi connectivity index (χ2n) is 6.50. The summed E-state index contributed by atoms with van der Waals surface area (Å²) in [6, 6.07) is 5.65. The van der Waals surface area contributed by atoms with Crippen molar-refractivity contribution < 1.29 is 9.90 Å². The number of phenolic OH excluding ortho intramolecular Hbond substituents is 1. The van der Waals surface area contributed by atoms with Crippen LogP contribution in [0.2, 0.25) is 0 Å². The van der Waals surface area contributed by atoms with E-state index < -0.39 is 0 Å². The number of rotatable bonds is 2. The first kappa shape index (κ1) is 15.0. The van der Waals surface area contributed by atoms with Gasteiger partial charge in [-0.1, -0.05) is 12.1 Å². The molecule has 0 saturated carbocycles. The van der Waals surface area contributed by atoms with Gasteiger partial charge in [-0.2, -0.15) is 5.10 Å². The fourth-order valence-corrected chi connectivity index (χ4v) is 3.79. The van der Waals surface area contributed by atoms with E-state index in [0.717, 1.165) is 43.4 Å². The van der Waals surface area contributed by atoms with Gasteiger partial charge in [-0.3, -0.25) is 0 Å². The van der Waals surface area contributed by atoms with Crippen LogP contribution in [0.1, 0.15) is 42.5 Å². The first-order valence-corrected chi connectivity index (χ1v) is 8.42. The summed E-state index contributed by atoms with van der Waals surface area (Å²) < 4.78 is 1.84. The van der Waals surface area contributed by atoms with Crippen LogP contribution in [-0.2, 0) is 6.42 Å². The number of fused-ring (bicyclic) bond motifs is 1. The molecule has 4 rings (SSSR count). The Morgan fingerprint density at radius 3 is 3.08 bits per heavy atom. The van der Waals surface area contributed by atoms with Crippen LogP contribution in [-0.4, -0.2) is 43.9 Å². The van der Waals surface area contributed by atoms with Crippen molar-refractivity contribution in [1.29, 1.82) is 0 Å². The van der Waals surface area contributed by atoms with Crippen LogP contribution in [0, 0.1) is 0 Å². The predicted octanol–water partition coefficient (Wildman–Crippen LogP) is 2.02. The molecule has 2 aromatic rings. The maximum Gasteiger partial charge on any atom is 0.317 e. The molecule has 2 heterocycles. The molecule has 0 spiro atoms. The van der Waals surface area contributed by atoms with Crippen molar-refractivity contribution in [3.05, 3.63) is 42.0 Å². The third-order valence-corrected chi connectivity index (χ3v) is 5.04. The summed E-state index contributed by atoms with van der Waals surface area (Å²) in [7, 11) is 0. The normalized spacial score (nSPS) is 23.1. The molecule has 1 fully saturated rings. The van der Waals surface area contributed by atoms with Gasteiger partial charge in [0.05, 0.1) is 12.1 Å². The first-order valence-electron chi connectivity index (χ1n) is 8.42. The van der Waals surface area contributed by atoms with E-state index in [1.165, 1.54) is 6.33 Å². The minimum absolute atomic E-state index is 0.0219. The summed E-state index contributed by atoms with van der Waals surface area (Å²) in [5, 5.41) is 17.3. The number of amides is 2. The van der Waals surface area contributed by atoms with Crippen LogP contribution in [0.25, 0.3) is 0 Å². The lowest BCUT2D eigenvalue weighted by atomic mass is 10.1. The third kappa shape index (κ3) is 2.70. The molecular weight excluding hydrogens is 306 g/mol. The van der Waals surface area contributed by atoms with Crippen LogP contribution in [0.15, 0.2) is 30.9 Å². The fraction of sp³-hybridized carbons (Fsp3) is 0.471. The van der Waals surface area contributed by atoms with E-state index in [2.05, 4.69) is 15.4 Å². The van der Waals surface area contributed by atoms with Gasteiger partial charge in [0, 0.05) is 13.1 Å². The van der Waals surface area contributed by atoms with Crippen LogP contribution in [0.4, 0.5) is 4.79 Å². The van der Waals surface area contributed by atoms with Crippen molar-refractivity contribution in [3.63, 3.8) is 0 Å². The predicted molar refractivity (Wildman–Crippen MR) is 87.6 cm³/mol. The van der Waals surface area contributed by atoms with Gasteiger partial charge < -0.3 is 15.3 Å². The maximum atomic E-state index is 12.7.